The molecular formula is C16H21N3OS. The van der Waals surface area contributed by atoms with E-state index in [1.807, 2.05) is 38.2 Å². The molecule has 1 heterocycles. The molecule has 1 unspecified atom stereocenters. The summed E-state index contributed by atoms with van der Waals surface area (Å²) in [5.41, 5.74) is 5.00. The van der Waals surface area contributed by atoms with E-state index >= 15 is 0 Å². The van der Waals surface area contributed by atoms with E-state index in [9.17, 15) is 0 Å². The van der Waals surface area contributed by atoms with Gasteiger partial charge >= 0.3 is 0 Å². The fourth-order valence-electron chi connectivity index (χ4n) is 2.20. The predicted octanol–water partition coefficient (Wildman–Crippen LogP) is 3.14. The number of hydrazine groups is 1. The van der Waals surface area contributed by atoms with E-state index in [1.165, 1.54) is 4.90 Å². The minimum absolute atomic E-state index is 0.114. The second kappa shape index (κ2) is 7.45. The molecule has 112 valence electrons. The SMILES string of the molecule is CSc1ccccc1C(NN)c1cncc(OC(C)C)c1. The van der Waals surface area contributed by atoms with Crippen LogP contribution in [0.3, 0.4) is 0 Å². The second-order valence-corrected chi connectivity index (χ2v) is 5.81. The molecule has 1 aromatic carbocycles. The van der Waals surface area contributed by atoms with Crippen LogP contribution in [0.1, 0.15) is 31.0 Å². The van der Waals surface area contributed by atoms with Crippen LogP contribution in [0.2, 0.25) is 0 Å². The van der Waals surface area contributed by atoms with Crippen molar-refractivity contribution in [2.45, 2.75) is 30.9 Å². The van der Waals surface area contributed by atoms with E-state index in [0.717, 1.165) is 16.9 Å². The third kappa shape index (κ3) is 3.97. The van der Waals surface area contributed by atoms with Crippen molar-refractivity contribution in [2.75, 3.05) is 6.26 Å². The molecule has 21 heavy (non-hydrogen) atoms. The molecule has 0 radical (unpaired) electrons. The zero-order valence-electron chi connectivity index (χ0n) is 12.5. The van der Waals surface area contributed by atoms with E-state index in [1.54, 1.807) is 18.0 Å². The Morgan fingerprint density at radius 3 is 2.67 bits per heavy atom. The monoisotopic (exact) mass is 303 g/mol. The molecule has 1 atom stereocenters. The fourth-order valence-corrected chi connectivity index (χ4v) is 2.84. The summed E-state index contributed by atoms with van der Waals surface area (Å²) in [7, 11) is 0. The Hall–Kier alpha value is -1.56. The molecule has 0 aliphatic carbocycles. The van der Waals surface area contributed by atoms with Crippen molar-refractivity contribution < 1.29 is 4.74 Å². The van der Waals surface area contributed by atoms with Gasteiger partial charge in [0.1, 0.15) is 5.75 Å². The maximum absolute atomic E-state index is 5.78. The molecular weight excluding hydrogens is 282 g/mol. The van der Waals surface area contributed by atoms with Gasteiger partial charge in [0.15, 0.2) is 0 Å². The molecule has 1 aromatic heterocycles. The van der Waals surface area contributed by atoms with Crippen molar-refractivity contribution in [3.8, 4) is 5.75 Å². The molecule has 2 rings (SSSR count). The fraction of sp³-hybridized carbons (Fsp3) is 0.312. The molecule has 0 aliphatic heterocycles. The molecule has 2 aromatic rings. The van der Waals surface area contributed by atoms with Crippen LogP contribution in [-0.2, 0) is 0 Å². The van der Waals surface area contributed by atoms with E-state index in [0.29, 0.717) is 0 Å². The number of nitrogens with two attached hydrogens (primary N) is 1. The quantitative estimate of drug-likeness (QED) is 0.488. The van der Waals surface area contributed by atoms with E-state index in [4.69, 9.17) is 10.6 Å². The number of hydrogen-bond acceptors (Lipinski definition) is 5. The van der Waals surface area contributed by atoms with Gasteiger partial charge in [0.2, 0.25) is 0 Å². The minimum atomic E-state index is -0.114. The van der Waals surface area contributed by atoms with Crippen molar-refractivity contribution in [1.82, 2.24) is 10.4 Å². The Bertz CT molecular complexity index is 589. The Morgan fingerprint density at radius 2 is 2.00 bits per heavy atom. The van der Waals surface area contributed by atoms with Crippen molar-refractivity contribution >= 4 is 11.8 Å². The maximum atomic E-state index is 5.78. The Kier molecular flexibility index (Phi) is 5.61. The molecule has 0 saturated heterocycles. The second-order valence-electron chi connectivity index (χ2n) is 4.96. The van der Waals surface area contributed by atoms with Crippen LogP contribution < -0.4 is 16.0 Å². The van der Waals surface area contributed by atoms with Crippen molar-refractivity contribution in [3.63, 3.8) is 0 Å². The standard InChI is InChI=1S/C16H21N3OS/c1-11(2)20-13-8-12(9-18-10-13)16(19-17)14-6-4-5-7-15(14)21-3/h4-11,16,19H,17H2,1-3H3. The number of nitrogens with zero attached hydrogens (tertiary/aromatic N) is 1. The predicted molar refractivity (Wildman–Crippen MR) is 87.4 cm³/mol. The zero-order valence-corrected chi connectivity index (χ0v) is 13.4. The van der Waals surface area contributed by atoms with Gasteiger partial charge in [0.25, 0.3) is 0 Å². The van der Waals surface area contributed by atoms with E-state index in [2.05, 4.69) is 28.8 Å². The summed E-state index contributed by atoms with van der Waals surface area (Å²) in [6.45, 7) is 3.99. The van der Waals surface area contributed by atoms with Crippen LogP contribution in [0.5, 0.6) is 5.75 Å². The lowest BCUT2D eigenvalue weighted by Crippen LogP contribution is -2.29. The summed E-state index contributed by atoms with van der Waals surface area (Å²) < 4.78 is 5.71. The summed E-state index contributed by atoms with van der Waals surface area (Å²) in [5.74, 6) is 6.54. The van der Waals surface area contributed by atoms with Crippen LogP contribution in [0.25, 0.3) is 0 Å². The molecule has 4 nitrogen and oxygen atoms in total. The molecule has 0 fully saturated rings. The molecule has 0 amide bonds. The van der Waals surface area contributed by atoms with Gasteiger partial charge in [-0.3, -0.25) is 10.8 Å². The summed E-state index contributed by atoms with van der Waals surface area (Å²) >= 11 is 1.70. The number of aromatic nitrogens is 1. The first-order valence-corrected chi connectivity index (χ1v) is 8.08. The van der Waals surface area contributed by atoms with Gasteiger partial charge in [-0.2, -0.15) is 0 Å². The lowest BCUT2D eigenvalue weighted by atomic mass is 10.0. The van der Waals surface area contributed by atoms with Gasteiger partial charge in [-0.1, -0.05) is 18.2 Å². The molecule has 0 spiro atoms. The highest BCUT2D eigenvalue weighted by molar-refractivity contribution is 7.98. The number of ether oxygens (including phenoxy) is 1. The molecule has 3 N–H and O–H groups in total. The number of thioether (sulfide) groups is 1. The minimum Gasteiger partial charge on any atom is -0.489 e. The third-order valence-electron chi connectivity index (χ3n) is 3.06. The van der Waals surface area contributed by atoms with Crippen LogP contribution in [0.15, 0.2) is 47.6 Å². The Balaban J connectivity index is 2.37. The summed E-state index contributed by atoms with van der Waals surface area (Å²) in [5, 5.41) is 0. The van der Waals surface area contributed by atoms with Crippen LogP contribution in [-0.4, -0.2) is 17.3 Å². The number of hydrogen-bond donors (Lipinski definition) is 2. The highest BCUT2D eigenvalue weighted by Gasteiger charge is 2.17. The van der Waals surface area contributed by atoms with Gasteiger partial charge in [-0.25, -0.2) is 5.43 Å². The Labute approximate surface area is 130 Å². The first-order chi connectivity index (χ1) is 10.2. The van der Waals surface area contributed by atoms with Crippen molar-refractivity contribution in [2.24, 2.45) is 5.84 Å². The van der Waals surface area contributed by atoms with Gasteiger partial charge in [-0.05, 0) is 43.4 Å². The summed E-state index contributed by atoms with van der Waals surface area (Å²) in [6, 6.07) is 10.1. The highest BCUT2D eigenvalue weighted by Crippen LogP contribution is 2.30. The topological polar surface area (TPSA) is 60.2 Å². The van der Waals surface area contributed by atoms with Gasteiger partial charge < -0.3 is 4.74 Å². The largest absolute Gasteiger partial charge is 0.489 e. The average molecular weight is 303 g/mol. The number of pyridine rings is 1. The zero-order chi connectivity index (χ0) is 15.2. The van der Waals surface area contributed by atoms with Gasteiger partial charge in [0, 0.05) is 11.1 Å². The highest BCUT2D eigenvalue weighted by atomic mass is 32.2. The van der Waals surface area contributed by atoms with Crippen LogP contribution in [0.4, 0.5) is 0 Å². The van der Waals surface area contributed by atoms with E-state index < -0.39 is 0 Å². The molecule has 5 heteroatoms. The van der Waals surface area contributed by atoms with Crippen molar-refractivity contribution in [3.05, 3.63) is 53.9 Å². The molecule has 0 aliphatic rings. The van der Waals surface area contributed by atoms with Gasteiger partial charge in [-0.15, -0.1) is 11.8 Å². The first kappa shape index (κ1) is 15.8. The van der Waals surface area contributed by atoms with Gasteiger partial charge in [0.05, 0.1) is 18.3 Å². The smallest absolute Gasteiger partial charge is 0.138 e. The lowest BCUT2D eigenvalue weighted by molar-refractivity contribution is 0.241. The van der Waals surface area contributed by atoms with Crippen LogP contribution >= 0.6 is 11.8 Å². The average Bonchev–Trinajstić information content (AvgIpc) is 2.48. The number of benzene rings is 1. The third-order valence-corrected chi connectivity index (χ3v) is 3.87. The molecule has 0 bridgehead atoms. The lowest BCUT2D eigenvalue weighted by Gasteiger charge is -2.20. The van der Waals surface area contributed by atoms with Crippen molar-refractivity contribution in [1.29, 1.82) is 0 Å². The maximum Gasteiger partial charge on any atom is 0.138 e. The normalized spacial score (nSPS) is 12.4. The van der Waals surface area contributed by atoms with E-state index in [-0.39, 0.29) is 12.1 Å². The number of nitrogens with one attached hydrogen (secondary N) is 1. The Morgan fingerprint density at radius 1 is 1.24 bits per heavy atom. The summed E-state index contributed by atoms with van der Waals surface area (Å²) in [4.78, 5) is 5.45. The molecule has 0 saturated carbocycles. The first-order valence-electron chi connectivity index (χ1n) is 6.86. The summed E-state index contributed by atoms with van der Waals surface area (Å²) in [6.07, 6.45) is 5.71. The number of rotatable bonds is 6. The van der Waals surface area contributed by atoms with Crippen LogP contribution in [0, 0.1) is 0 Å².